The SMILES string of the molecule is CC1=C(C)C(C)(C2(CC(C)(C)C)C=Cc3cc4c(cc32)CCCC4)C(C)=C1C. The van der Waals surface area contributed by atoms with Crippen LogP contribution in [-0.4, -0.2) is 0 Å². The summed E-state index contributed by atoms with van der Waals surface area (Å²) in [6, 6.07) is 5.14. The molecule has 0 nitrogen and oxygen atoms in total. The quantitative estimate of drug-likeness (QED) is 0.492. The maximum Gasteiger partial charge on any atom is 0.0275 e. The van der Waals surface area contributed by atoms with Crippen molar-refractivity contribution in [3.63, 3.8) is 0 Å². The van der Waals surface area contributed by atoms with Gasteiger partial charge in [0.1, 0.15) is 0 Å². The van der Waals surface area contributed by atoms with Crippen LogP contribution >= 0.6 is 0 Å². The van der Waals surface area contributed by atoms with Gasteiger partial charge in [0.05, 0.1) is 0 Å². The van der Waals surface area contributed by atoms with Crippen LogP contribution in [0.25, 0.3) is 6.08 Å². The highest BCUT2D eigenvalue weighted by Gasteiger charge is 2.56. The summed E-state index contributed by atoms with van der Waals surface area (Å²) < 4.78 is 0. The molecule has 0 spiro atoms. The second-order valence-corrected chi connectivity index (χ2v) is 11.1. The first-order chi connectivity index (χ1) is 13.0. The third kappa shape index (κ3) is 2.56. The topological polar surface area (TPSA) is 0 Å². The fraction of sp³-hybridized carbons (Fsp3) is 0.571. The molecular formula is C28H38. The van der Waals surface area contributed by atoms with Gasteiger partial charge in [0.25, 0.3) is 0 Å². The number of rotatable bonds is 2. The first-order valence-electron chi connectivity index (χ1n) is 11.2. The average molecular weight is 375 g/mol. The summed E-state index contributed by atoms with van der Waals surface area (Å²) in [5, 5.41) is 0. The third-order valence-electron chi connectivity index (χ3n) is 8.43. The molecule has 0 aromatic heterocycles. The molecule has 0 radical (unpaired) electrons. The number of benzene rings is 1. The molecule has 0 heterocycles. The Kier molecular flexibility index (Phi) is 4.38. The number of fused-ring (bicyclic) bond motifs is 2. The molecule has 0 amide bonds. The van der Waals surface area contributed by atoms with Crippen LogP contribution in [0.15, 0.2) is 40.5 Å². The largest absolute Gasteiger partial charge is 0.0721 e. The van der Waals surface area contributed by atoms with E-state index in [1.807, 2.05) is 0 Å². The van der Waals surface area contributed by atoms with E-state index in [0.29, 0.717) is 0 Å². The second-order valence-electron chi connectivity index (χ2n) is 11.1. The Balaban J connectivity index is 2.00. The van der Waals surface area contributed by atoms with Crippen molar-refractivity contribution >= 4 is 6.08 Å². The summed E-state index contributed by atoms with van der Waals surface area (Å²) in [4.78, 5) is 0. The molecule has 0 saturated heterocycles. The lowest BCUT2D eigenvalue weighted by atomic mass is 9.52. The number of hydrogen-bond donors (Lipinski definition) is 0. The summed E-state index contributed by atoms with van der Waals surface area (Å²) in [5.74, 6) is 0. The number of allylic oxidation sites excluding steroid dienone is 5. The fourth-order valence-electron chi connectivity index (χ4n) is 6.52. The van der Waals surface area contributed by atoms with Crippen LogP contribution in [0.1, 0.15) is 96.9 Å². The van der Waals surface area contributed by atoms with Crippen molar-refractivity contribution in [3.05, 3.63) is 62.8 Å². The zero-order valence-electron chi connectivity index (χ0n) is 19.3. The van der Waals surface area contributed by atoms with Crippen molar-refractivity contribution in [2.75, 3.05) is 0 Å². The summed E-state index contributed by atoms with van der Waals surface area (Å²) in [7, 11) is 0. The van der Waals surface area contributed by atoms with Gasteiger partial charge < -0.3 is 0 Å². The van der Waals surface area contributed by atoms with E-state index in [9.17, 15) is 0 Å². The molecule has 3 aliphatic rings. The molecule has 1 atom stereocenters. The van der Waals surface area contributed by atoms with Crippen molar-refractivity contribution in [2.24, 2.45) is 10.8 Å². The fourth-order valence-corrected chi connectivity index (χ4v) is 6.52. The maximum absolute atomic E-state index is 2.62. The minimum Gasteiger partial charge on any atom is -0.0721 e. The Morgan fingerprint density at radius 1 is 0.857 bits per heavy atom. The standard InChI is InChI=1S/C28H38/c1-18-19(2)21(4)27(8,20(18)3)28(17-26(5,6)7)14-13-24-15-22-11-9-10-12-23(22)16-25(24)28/h13-16H,9-12,17H2,1-8H3. The molecule has 0 aliphatic heterocycles. The first kappa shape index (κ1) is 19.7. The molecule has 28 heavy (non-hydrogen) atoms. The van der Waals surface area contributed by atoms with Crippen molar-refractivity contribution in [1.82, 2.24) is 0 Å². The van der Waals surface area contributed by atoms with Crippen molar-refractivity contribution in [2.45, 2.75) is 92.9 Å². The van der Waals surface area contributed by atoms with Gasteiger partial charge in [-0.15, -0.1) is 0 Å². The molecule has 1 aromatic rings. The molecule has 0 saturated carbocycles. The smallest absolute Gasteiger partial charge is 0.0275 e. The monoisotopic (exact) mass is 374 g/mol. The maximum atomic E-state index is 2.62. The molecule has 150 valence electrons. The van der Waals surface area contributed by atoms with Gasteiger partial charge >= 0.3 is 0 Å². The lowest BCUT2D eigenvalue weighted by Crippen LogP contribution is -2.45. The lowest BCUT2D eigenvalue weighted by molar-refractivity contribution is 0.195. The van der Waals surface area contributed by atoms with E-state index >= 15 is 0 Å². The van der Waals surface area contributed by atoms with Gasteiger partial charge in [-0.2, -0.15) is 0 Å². The van der Waals surface area contributed by atoms with E-state index in [1.165, 1.54) is 48.8 Å². The molecule has 1 aromatic carbocycles. The van der Waals surface area contributed by atoms with Crippen LogP contribution in [0.2, 0.25) is 0 Å². The van der Waals surface area contributed by atoms with E-state index in [0.717, 1.165) is 0 Å². The molecule has 3 aliphatic carbocycles. The van der Waals surface area contributed by atoms with Crippen LogP contribution in [0.4, 0.5) is 0 Å². The van der Waals surface area contributed by atoms with Gasteiger partial charge in [0.2, 0.25) is 0 Å². The van der Waals surface area contributed by atoms with Crippen molar-refractivity contribution in [3.8, 4) is 0 Å². The van der Waals surface area contributed by atoms with Gasteiger partial charge in [-0.25, -0.2) is 0 Å². The molecule has 0 bridgehead atoms. The predicted octanol–water partition coefficient (Wildman–Crippen LogP) is 7.96. The van der Waals surface area contributed by atoms with E-state index in [2.05, 4.69) is 79.7 Å². The Labute approximate surface area is 172 Å². The van der Waals surface area contributed by atoms with Crippen LogP contribution in [0.5, 0.6) is 0 Å². The van der Waals surface area contributed by atoms with Gasteiger partial charge in [0, 0.05) is 10.8 Å². The van der Waals surface area contributed by atoms with E-state index in [-0.39, 0.29) is 16.2 Å². The van der Waals surface area contributed by atoms with Crippen molar-refractivity contribution < 1.29 is 0 Å². The second kappa shape index (κ2) is 6.22. The highest BCUT2D eigenvalue weighted by atomic mass is 14.6. The van der Waals surface area contributed by atoms with Gasteiger partial charge in [-0.05, 0) is 98.6 Å². The summed E-state index contributed by atoms with van der Waals surface area (Å²) in [5.41, 5.74) is 12.8. The number of aryl methyl sites for hydroxylation is 2. The molecule has 0 N–H and O–H groups in total. The van der Waals surface area contributed by atoms with Crippen molar-refractivity contribution in [1.29, 1.82) is 0 Å². The van der Waals surface area contributed by atoms with E-state index in [1.54, 1.807) is 27.8 Å². The van der Waals surface area contributed by atoms with Gasteiger partial charge in [-0.1, -0.05) is 63.1 Å². The van der Waals surface area contributed by atoms with E-state index in [4.69, 9.17) is 0 Å². The highest BCUT2D eigenvalue weighted by molar-refractivity contribution is 5.71. The summed E-state index contributed by atoms with van der Waals surface area (Å²) in [6.45, 7) is 19.2. The lowest BCUT2D eigenvalue weighted by Gasteiger charge is -2.50. The average Bonchev–Trinajstić information content (AvgIpc) is 3.06. The third-order valence-corrected chi connectivity index (χ3v) is 8.43. The Bertz CT molecular complexity index is 902. The first-order valence-corrected chi connectivity index (χ1v) is 11.2. The Hall–Kier alpha value is -1.56. The van der Waals surface area contributed by atoms with Crippen LogP contribution in [0, 0.1) is 10.8 Å². The van der Waals surface area contributed by atoms with Crippen LogP contribution < -0.4 is 0 Å². The molecular weight excluding hydrogens is 336 g/mol. The molecule has 0 heteroatoms. The zero-order chi connectivity index (χ0) is 20.5. The normalized spacial score (nSPS) is 26.1. The Morgan fingerprint density at radius 3 is 1.93 bits per heavy atom. The molecule has 1 unspecified atom stereocenters. The predicted molar refractivity (Wildman–Crippen MR) is 123 cm³/mol. The van der Waals surface area contributed by atoms with Gasteiger partial charge in [0.15, 0.2) is 0 Å². The summed E-state index contributed by atoms with van der Waals surface area (Å²) >= 11 is 0. The zero-order valence-corrected chi connectivity index (χ0v) is 19.3. The molecule has 0 fully saturated rings. The minimum atomic E-state index is 0.0419. The van der Waals surface area contributed by atoms with Crippen LogP contribution in [0.3, 0.4) is 0 Å². The minimum absolute atomic E-state index is 0.0419. The highest BCUT2D eigenvalue weighted by Crippen LogP contribution is 2.64. The van der Waals surface area contributed by atoms with Crippen LogP contribution in [-0.2, 0) is 18.3 Å². The van der Waals surface area contributed by atoms with Gasteiger partial charge in [-0.3, -0.25) is 0 Å². The van der Waals surface area contributed by atoms with E-state index < -0.39 is 0 Å². The number of hydrogen-bond acceptors (Lipinski definition) is 0. The summed E-state index contributed by atoms with van der Waals surface area (Å²) in [6.07, 6.45) is 11.4. The Morgan fingerprint density at radius 2 is 1.39 bits per heavy atom. The molecule has 4 rings (SSSR count).